The van der Waals surface area contributed by atoms with Gasteiger partial charge < -0.3 is 9.26 Å². The molecule has 0 aromatic carbocycles. The van der Waals surface area contributed by atoms with Crippen molar-refractivity contribution >= 4 is 5.97 Å². The molecule has 0 fully saturated rings. The van der Waals surface area contributed by atoms with Crippen LogP contribution in [-0.2, 0) is 16.0 Å². The monoisotopic (exact) mass is 219 g/mol. The fraction of sp³-hybridized carbons (Fsp3) is 0.200. The molecule has 2 aromatic heterocycles. The maximum absolute atomic E-state index is 11.0. The zero-order valence-electron chi connectivity index (χ0n) is 8.58. The minimum absolute atomic E-state index is 0.0193. The molecule has 0 radical (unpaired) electrons. The van der Waals surface area contributed by atoms with E-state index >= 15 is 0 Å². The number of carbonyl (C=O) groups excluding carboxylic acids is 1. The molecule has 0 saturated heterocycles. The fourth-order valence-electron chi connectivity index (χ4n) is 1.14. The number of nitrogens with zero attached hydrogens (tertiary/aromatic N) is 3. The van der Waals surface area contributed by atoms with E-state index in [1.54, 1.807) is 24.5 Å². The molecule has 0 atom stereocenters. The summed E-state index contributed by atoms with van der Waals surface area (Å²) in [6, 6.07) is 3.51. The average molecular weight is 219 g/mol. The maximum atomic E-state index is 11.0. The van der Waals surface area contributed by atoms with Gasteiger partial charge in [-0.2, -0.15) is 4.98 Å². The lowest BCUT2D eigenvalue weighted by Gasteiger charge is -1.92. The predicted molar refractivity (Wildman–Crippen MR) is 53.2 cm³/mol. The first kappa shape index (κ1) is 10.3. The van der Waals surface area contributed by atoms with E-state index in [0.29, 0.717) is 5.82 Å². The molecule has 2 heterocycles. The molecule has 0 aliphatic heterocycles. The Labute approximate surface area is 91.3 Å². The summed E-state index contributed by atoms with van der Waals surface area (Å²) in [6.45, 7) is 0. The van der Waals surface area contributed by atoms with Crippen LogP contribution >= 0.6 is 0 Å². The van der Waals surface area contributed by atoms with E-state index in [0.717, 1.165) is 5.56 Å². The maximum Gasteiger partial charge on any atom is 0.315 e. The third kappa shape index (κ3) is 2.22. The largest absolute Gasteiger partial charge is 0.469 e. The lowest BCUT2D eigenvalue weighted by atomic mass is 10.2. The molecule has 0 bridgehead atoms. The molecule has 0 aliphatic carbocycles. The number of rotatable bonds is 3. The van der Waals surface area contributed by atoms with E-state index in [2.05, 4.69) is 19.9 Å². The summed E-state index contributed by atoms with van der Waals surface area (Å²) in [7, 11) is 1.31. The van der Waals surface area contributed by atoms with Gasteiger partial charge in [0, 0.05) is 18.0 Å². The van der Waals surface area contributed by atoms with Crippen LogP contribution in [0.25, 0.3) is 11.4 Å². The molecule has 2 rings (SSSR count). The predicted octanol–water partition coefficient (Wildman–Crippen LogP) is 0.847. The van der Waals surface area contributed by atoms with Gasteiger partial charge in [-0.05, 0) is 12.1 Å². The molecule has 16 heavy (non-hydrogen) atoms. The molecule has 0 saturated carbocycles. The highest BCUT2D eigenvalue weighted by Crippen LogP contribution is 2.14. The Morgan fingerprint density at radius 2 is 2.19 bits per heavy atom. The van der Waals surface area contributed by atoms with E-state index in [4.69, 9.17) is 4.52 Å². The summed E-state index contributed by atoms with van der Waals surface area (Å²) in [5.74, 6) is 0.255. The van der Waals surface area contributed by atoms with E-state index in [1.807, 2.05) is 0 Å². The van der Waals surface area contributed by atoms with Crippen LogP contribution in [0.15, 0.2) is 29.0 Å². The van der Waals surface area contributed by atoms with Gasteiger partial charge in [0.25, 0.3) is 0 Å². The Morgan fingerprint density at radius 1 is 1.44 bits per heavy atom. The molecule has 6 nitrogen and oxygen atoms in total. The topological polar surface area (TPSA) is 78.1 Å². The van der Waals surface area contributed by atoms with Crippen LogP contribution in [-0.4, -0.2) is 28.2 Å². The van der Waals surface area contributed by atoms with Crippen molar-refractivity contribution in [2.24, 2.45) is 0 Å². The van der Waals surface area contributed by atoms with Crippen molar-refractivity contribution < 1.29 is 14.1 Å². The van der Waals surface area contributed by atoms with Crippen LogP contribution in [0.1, 0.15) is 5.89 Å². The van der Waals surface area contributed by atoms with E-state index in [1.165, 1.54) is 7.11 Å². The van der Waals surface area contributed by atoms with Gasteiger partial charge in [-0.25, -0.2) is 0 Å². The van der Waals surface area contributed by atoms with Crippen molar-refractivity contribution in [1.82, 2.24) is 15.1 Å². The number of esters is 1. The standard InChI is InChI=1S/C10H9N3O3/c1-15-9(14)6-8-12-10(13-16-8)7-2-4-11-5-3-7/h2-5H,6H2,1H3. The molecule has 0 spiro atoms. The molecular weight excluding hydrogens is 210 g/mol. The Bertz CT molecular complexity index is 481. The highest BCUT2D eigenvalue weighted by atomic mass is 16.5. The Morgan fingerprint density at radius 3 is 2.88 bits per heavy atom. The minimum atomic E-state index is -0.412. The van der Waals surface area contributed by atoms with Gasteiger partial charge in [-0.1, -0.05) is 5.16 Å². The molecular formula is C10H9N3O3. The van der Waals surface area contributed by atoms with Gasteiger partial charge in [0.1, 0.15) is 6.42 Å². The second kappa shape index (κ2) is 4.52. The Balaban J connectivity index is 2.17. The van der Waals surface area contributed by atoms with Gasteiger partial charge in [-0.15, -0.1) is 0 Å². The smallest absolute Gasteiger partial charge is 0.315 e. The normalized spacial score (nSPS) is 10.1. The van der Waals surface area contributed by atoms with Crippen molar-refractivity contribution in [2.45, 2.75) is 6.42 Å². The highest BCUT2D eigenvalue weighted by Gasteiger charge is 2.12. The molecule has 0 aliphatic rings. The summed E-state index contributed by atoms with van der Waals surface area (Å²) < 4.78 is 9.40. The quantitative estimate of drug-likeness (QED) is 0.712. The van der Waals surface area contributed by atoms with Crippen molar-refractivity contribution in [2.75, 3.05) is 7.11 Å². The van der Waals surface area contributed by atoms with Crippen LogP contribution in [0.3, 0.4) is 0 Å². The lowest BCUT2D eigenvalue weighted by Crippen LogP contribution is -2.04. The third-order valence-corrected chi connectivity index (χ3v) is 1.93. The molecule has 82 valence electrons. The zero-order valence-corrected chi connectivity index (χ0v) is 8.58. The van der Waals surface area contributed by atoms with Gasteiger partial charge in [0.05, 0.1) is 7.11 Å². The third-order valence-electron chi connectivity index (χ3n) is 1.93. The Hall–Kier alpha value is -2.24. The van der Waals surface area contributed by atoms with Gasteiger partial charge in [0.2, 0.25) is 11.7 Å². The number of ether oxygens (including phenoxy) is 1. The van der Waals surface area contributed by atoms with E-state index in [-0.39, 0.29) is 12.3 Å². The SMILES string of the molecule is COC(=O)Cc1nc(-c2ccncc2)no1. The molecule has 0 N–H and O–H groups in total. The number of aromatic nitrogens is 3. The number of pyridine rings is 1. The van der Waals surface area contributed by atoms with E-state index < -0.39 is 5.97 Å². The molecule has 6 heteroatoms. The number of carbonyl (C=O) groups is 1. The number of hydrogen-bond acceptors (Lipinski definition) is 6. The number of methoxy groups -OCH3 is 1. The van der Waals surface area contributed by atoms with Gasteiger partial charge in [-0.3, -0.25) is 9.78 Å². The summed E-state index contributed by atoms with van der Waals surface area (Å²) >= 11 is 0. The summed E-state index contributed by atoms with van der Waals surface area (Å²) in [6.07, 6.45) is 3.24. The minimum Gasteiger partial charge on any atom is -0.469 e. The summed E-state index contributed by atoms with van der Waals surface area (Å²) in [5, 5.41) is 3.75. The average Bonchev–Trinajstić information content (AvgIpc) is 2.78. The Kier molecular flexibility index (Phi) is 2.90. The first-order valence-corrected chi connectivity index (χ1v) is 4.59. The van der Waals surface area contributed by atoms with Gasteiger partial charge in [0.15, 0.2) is 0 Å². The van der Waals surface area contributed by atoms with Crippen molar-refractivity contribution in [1.29, 1.82) is 0 Å². The molecule has 0 unspecified atom stereocenters. The summed E-state index contributed by atoms with van der Waals surface area (Å²) in [5.41, 5.74) is 0.787. The highest BCUT2D eigenvalue weighted by molar-refractivity contribution is 5.71. The van der Waals surface area contributed by atoms with Gasteiger partial charge >= 0.3 is 5.97 Å². The van der Waals surface area contributed by atoms with E-state index in [9.17, 15) is 4.79 Å². The molecule has 2 aromatic rings. The first-order valence-electron chi connectivity index (χ1n) is 4.59. The van der Waals surface area contributed by atoms with Crippen LogP contribution in [0.2, 0.25) is 0 Å². The van der Waals surface area contributed by atoms with Crippen molar-refractivity contribution in [3.05, 3.63) is 30.4 Å². The van der Waals surface area contributed by atoms with Crippen molar-refractivity contribution in [3.63, 3.8) is 0 Å². The lowest BCUT2D eigenvalue weighted by molar-refractivity contribution is -0.140. The van der Waals surface area contributed by atoms with Crippen LogP contribution in [0, 0.1) is 0 Å². The number of hydrogen-bond donors (Lipinski definition) is 0. The zero-order chi connectivity index (χ0) is 11.4. The first-order chi connectivity index (χ1) is 7.79. The van der Waals surface area contributed by atoms with Crippen LogP contribution in [0.5, 0.6) is 0 Å². The molecule has 0 amide bonds. The fourth-order valence-corrected chi connectivity index (χ4v) is 1.14. The second-order valence-corrected chi connectivity index (χ2v) is 3.00. The van der Waals surface area contributed by atoms with Crippen LogP contribution < -0.4 is 0 Å². The van der Waals surface area contributed by atoms with Crippen molar-refractivity contribution in [3.8, 4) is 11.4 Å². The van der Waals surface area contributed by atoms with Crippen LogP contribution in [0.4, 0.5) is 0 Å². The second-order valence-electron chi connectivity index (χ2n) is 3.00. The summed E-state index contributed by atoms with van der Waals surface area (Å²) in [4.78, 5) is 18.9.